The van der Waals surface area contributed by atoms with E-state index in [1.807, 2.05) is 43.3 Å². The Morgan fingerprint density at radius 1 is 1.14 bits per heavy atom. The highest BCUT2D eigenvalue weighted by molar-refractivity contribution is 5.98. The highest BCUT2D eigenvalue weighted by Crippen LogP contribution is 2.35. The number of hydrogen-bond acceptors (Lipinski definition) is 5. The smallest absolute Gasteiger partial charge is 0.265 e. The number of carbonyl (C=O) groups is 1. The van der Waals surface area contributed by atoms with Crippen LogP contribution in [0.3, 0.4) is 0 Å². The summed E-state index contributed by atoms with van der Waals surface area (Å²) >= 11 is 0. The Morgan fingerprint density at radius 2 is 1.96 bits per heavy atom. The van der Waals surface area contributed by atoms with Crippen molar-refractivity contribution in [2.45, 2.75) is 20.3 Å². The zero-order valence-corrected chi connectivity index (χ0v) is 15.9. The van der Waals surface area contributed by atoms with Gasteiger partial charge in [0.15, 0.2) is 6.61 Å². The van der Waals surface area contributed by atoms with Gasteiger partial charge in [-0.25, -0.2) is 0 Å². The highest BCUT2D eigenvalue weighted by Gasteiger charge is 2.25. The van der Waals surface area contributed by atoms with Crippen molar-refractivity contribution >= 4 is 23.7 Å². The first-order valence-electron chi connectivity index (χ1n) is 9.30. The van der Waals surface area contributed by atoms with Crippen molar-refractivity contribution < 1.29 is 14.1 Å². The molecule has 0 N–H and O–H groups in total. The van der Waals surface area contributed by atoms with Crippen LogP contribution in [0.2, 0.25) is 0 Å². The van der Waals surface area contributed by atoms with Gasteiger partial charge < -0.3 is 14.2 Å². The maximum Gasteiger partial charge on any atom is 0.265 e. The fourth-order valence-corrected chi connectivity index (χ4v) is 3.08. The first-order chi connectivity index (χ1) is 13.6. The maximum atomic E-state index is 12.2. The summed E-state index contributed by atoms with van der Waals surface area (Å²) in [5, 5.41) is 4.07. The van der Waals surface area contributed by atoms with Crippen molar-refractivity contribution in [1.29, 1.82) is 0 Å². The minimum absolute atomic E-state index is 0.0404. The van der Waals surface area contributed by atoms with Crippen molar-refractivity contribution in [3.05, 3.63) is 59.5 Å². The average molecular weight is 375 g/mol. The molecule has 3 aromatic rings. The third-order valence-corrected chi connectivity index (χ3v) is 4.54. The van der Waals surface area contributed by atoms with Crippen LogP contribution >= 0.6 is 0 Å². The molecule has 1 aliphatic heterocycles. The van der Waals surface area contributed by atoms with E-state index in [1.165, 1.54) is 5.56 Å². The summed E-state index contributed by atoms with van der Waals surface area (Å²) in [6.07, 6.45) is 4.58. The molecule has 0 saturated carbocycles. The zero-order valence-electron chi connectivity index (χ0n) is 15.9. The second kappa shape index (κ2) is 7.68. The van der Waals surface area contributed by atoms with Gasteiger partial charge in [-0.15, -0.1) is 0 Å². The monoisotopic (exact) mass is 375 g/mol. The number of hydrogen-bond donors (Lipinski definition) is 0. The SMILES string of the molecule is CCCN1C(=O)COc2ccc(-c3noc(/C=C/c4ccc(C)cc4)n3)cc21. The Hall–Kier alpha value is -3.41. The van der Waals surface area contributed by atoms with Crippen molar-refractivity contribution in [3.63, 3.8) is 0 Å². The van der Waals surface area contributed by atoms with Crippen LogP contribution in [0.15, 0.2) is 47.0 Å². The minimum Gasteiger partial charge on any atom is -0.482 e. The van der Waals surface area contributed by atoms with E-state index in [-0.39, 0.29) is 12.5 Å². The molecule has 0 saturated heterocycles. The van der Waals surface area contributed by atoms with Crippen molar-refractivity contribution in [3.8, 4) is 17.1 Å². The van der Waals surface area contributed by atoms with Gasteiger partial charge >= 0.3 is 0 Å². The predicted octanol–water partition coefficient (Wildman–Crippen LogP) is 4.35. The summed E-state index contributed by atoms with van der Waals surface area (Å²) in [7, 11) is 0. The largest absolute Gasteiger partial charge is 0.482 e. The van der Waals surface area contributed by atoms with E-state index in [1.54, 1.807) is 11.0 Å². The molecular formula is C22H21N3O3. The number of fused-ring (bicyclic) bond motifs is 1. The molecule has 0 fully saturated rings. The van der Waals surface area contributed by atoms with Gasteiger partial charge in [-0.05, 0) is 43.2 Å². The summed E-state index contributed by atoms with van der Waals surface area (Å²) in [4.78, 5) is 18.4. The van der Waals surface area contributed by atoms with Crippen molar-refractivity contribution in [2.24, 2.45) is 0 Å². The van der Waals surface area contributed by atoms with Gasteiger partial charge in [-0.3, -0.25) is 4.79 Å². The van der Waals surface area contributed by atoms with Gasteiger partial charge in [0.2, 0.25) is 5.82 Å². The molecule has 1 aromatic heterocycles. The van der Waals surface area contributed by atoms with Gasteiger partial charge in [0.25, 0.3) is 11.8 Å². The van der Waals surface area contributed by atoms with Crippen molar-refractivity contribution in [2.75, 3.05) is 18.1 Å². The number of anilines is 1. The number of ether oxygens (including phenoxy) is 1. The van der Waals surface area contributed by atoms with E-state index in [2.05, 4.69) is 29.2 Å². The van der Waals surface area contributed by atoms with Crippen LogP contribution in [0.1, 0.15) is 30.4 Å². The van der Waals surface area contributed by atoms with Crippen LogP contribution < -0.4 is 9.64 Å². The second-order valence-electron chi connectivity index (χ2n) is 6.72. The number of aryl methyl sites for hydroxylation is 1. The fourth-order valence-electron chi connectivity index (χ4n) is 3.08. The van der Waals surface area contributed by atoms with E-state index in [0.29, 0.717) is 24.0 Å². The summed E-state index contributed by atoms with van der Waals surface area (Å²) in [6, 6.07) is 13.8. The minimum atomic E-state index is -0.0404. The van der Waals surface area contributed by atoms with E-state index >= 15 is 0 Å². The lowest BCUT2D eigenvalue weighted by atomic mass is 10.1. The highest BCUT2D eigenvalue weighted by atomic mass is 16.5. The topological polar surface area (TPSA) is 68.5 Å². The first-order valence-corrected chi connectivity index (χ1v) is 9.30. The third-order valence-electron chi connectivity index (χ3n) is 4.54. The molecule has 1 amide bonds. The molecule has 142 valence electrons. The quantitative estimate of drug-likeness (QED) is 0.663. The summed E-state index contributed by atoms with van der Waals surface area (Å²) < 4.78 is 10.9. The lowest BCUT2D eigenvalue weighted by Gasteiger charge is -2.29. The molecule has 2 heterocycles. The Kier molecular flexibility index (Phi) is 4.93. The summed E-state index contributed by atoms with van der Waals surface area (Å²) in [6.45, 7) is 4.81. The third kappa shape index (κ3) is 3.67. The zero-order chi connectivity index (χ0) is 19.5. The lowest BCUT2D eigenvalue weighted by Crippen LogP contribution is -2.39. The Labute approximate surface area is 163 Å². The van der Waals surface area contributed by atoms with Crippen LogP contribution in [0, 0.1) is 6.92 Å². The van der Waals surface area contributed by atoms with E-state index in [0.717, 1.165) is 23.2 Å². The number of carbonyl (C=O) groups excluding carboxylic acids is 1. The number of benzene rings is 2. The van der Waals surface area contributed by atoms with Gasteiger partial charge in [-0.1, -0.05) is 41.9 Å². The standard InChI is InChI=1S/C22H21N3O3/c1-3-12-25-18-13-17(9-10-19(18)27-14-21(25)26)22-23-20(28-24-22)11-8-16-6-4-15(2)5-7-16/h4-11,13H,3,12,14H2,1-2H3/b11-8+. The van der Waals surface area contributed by atoms with E-state index in [4.69, 9.17) is 9.26 Å². The average Bonchev–Trinajstić information content (AvgIpc) is 3.18. The Bertz CT molecular complexity index is 1020. The van der Waals surface area contributed by atoms with Crippen molar-refractivity contribution in [1.82, 2.24) is 10.1 Å². The van der Waals surface area contributed by atoms with Crippen LogP contribution in [0.25, 0.3) is 23.5 Å². The summed E-state index contributed by atoms with van der Waals surface area (Å²) in [5.41, 5.74) is 3.79. The van der Waals surface area contributed by atoms with Gasteiger partial charge in [0.05, 0.1) is 5.69 Å². The van der Waals surface area contributed by atoms with Crippen LogP contribution in [-0.4, -0.2) is 29.2 Å². The molecule has 6 heteroatoms. The molecule has 1 aliphatic rings. The van der Waals surface area contributed by atoms with Gasteiger partial charge in [-0.2, -0.15) is 4.98 Å². The summed E-state index contributed by atoms with van der Waals surface area (Å²) in [5.74, 6) is 1.55. The second-order valence-corrected chi connectivity index (χ2v) is 6.72. The number of amides is 1. The molecular weight excluding hydrogens is 354 g/mol. The molecule has 0 aliphatic carbocycles. The first kappa shape index (κ1) is 18.0. The van der Waals surface area contributed by atoms with E-state index < -0.39 is 0 Å². The molecule has 0 radical (unpaired) electrons. The molecule has 0 spiro atoms. The lowest BCUT2D eigenvalue weighted by molar-refractivity contribution is -0.121. The molecule has 0 unspecified atom stereocenters. The number of rotatable bonds is 5. The van der Waals surface area contributed by atoms with E-state index in [9.17, 15) is 4.79 Å². The Morgan fingerprint density at radius 3 is 2.75 bits per heavy atom. The molecule has 6 nitrogen and oxygen atoms in total. The molecule has 2 aromatic carbocycles. The molecule has 0 atom stereocenters. The van der Waals surface area contributed by atoms with Crippen LogP contribution in [0.4, 0.5) is 5.69 Å². The predicted molar refractivity (Wildman–Crippen MR) is 108 cm³/mol. The van der Waals surface area contributed by atoms with Gasteiger partial charge in [0.1, 0.15) is 5.75 Å². The Balaban J connectivity index is 1.59. The molecule has 28 heavy (non-hydrogen) atoms. The number of nitrogens with zero attached hydrogens (tertiary/aromatic N) is 3. The van der Waals surface area contributed by atoms with Crippen LogP contribution in [0.5, 0.6) is 5.75 Å². The maximum absolute atomic E-state index is 12.2. The fraction of sp³-hybridized carbons (Fsp3) is 0.227. The van der Waals surface area contributed by atoms with Crippen LogP contribution in [-0.2, 0) is 4.79 Å². The number of aromatic nitrogens is 2. The molecule has 0 bridgehead atoms. The van der Waals surface area contributed by atoms with Gasteiger partial charge in [0, 0.05) is 18.2 Å². The molecule has 4 rings (SSSR count). The normalized spacial score (nSPS) is 13.6.